The maximum absolute atomic E-state index is 12.6. The summed E-state index contributed by atoms with van der Waals surface area (Å²) in [6.45, 7) is 2.54. The van der Waals surface area contributed by atoms with Crippen LogP contribution in [0.15, 0.2) is 0 Å². The van der Waals surface area contributed by atoms with Crippen molar-refractivity contribution in [3.05, 3.63) is 0 Å². The first-order valence-electron chi connectivity index (χ1n) is 9.84. The quantitative estimate of drug-likeness (QED) is 0.120. The number of nitrogens with two attached hydrogens (primary N) is 2. The van der Waals surface area contributed by atoms with Crippen molar-refractivity contribution in [2.75, 3.05) is 6.61 Å². The number of carbonyl (C=O) groups is 6. The number of aliphatic hydroxyl groups excluding tert-OH is 1. The number of rotatable bonds is 15. The third kappa shape index (κ3) is 10.2. The molecular formula is C18H31N5O9. The molecule has 4 amide bonds. The number of aliphatic hydroxyl groups is 1. The number of carboxylic acid groups (broad SMARTS) is 2. The molecule has 0 aromatic heterocycles. The Morgan fingerprint density at radius 3 is 1.88 bits per heavy atom. The van der Waals surface area contributed by atoms with Gasteiger partial charge in [-0.15, -0.1) is 0 Å². The molecule has 0 rings (SSSR count). The maximum Gasteiger partial charge on any atom is 0.326 e. The monoisotopic (exact) mass is 461 g/mol. The van der Waals surface area contributed by atoms with Gasteiger partial charge in [0, 0.05) is 6.42 Å². The largest absolute Gasteiger partial charge is 0.481 e. The average Bonchev–Trinajstić information content (AvgIpc) is 2.71. The second-order valence-corrected chi connectivity index (χ2v) is 7.22. The summed E-state index contributed by atoms with van der Waals surface area (Å²) in [6.07, 6.45) is -1.11. The standard InChI is InChI=1S/C18H31N5O9/c1-3-8(2)14(18(31)32)23-17(30)11(6-13(26)27)22-16(29)10(4-5-12(20)25)21-15(28)9(19)7-24/h8-11,14,24H,3-7,19H2,1-2H3,(H2,20,25)(H,21,28)(H,22,29)(H,23,30)(H,26,27)(H,31,32). The van der Waals surface area contributed by atoms with Gasteiger partial charge in [-0.2, -0.15) is 0 Å². The van der Waals surface area contributed by atoms with E-state index in [-0.39, 0.29) is 12.8 Å². The molecule has 32 heavy (non-hydrogen) atoms. The van der Waals surface area contributed by atoms with E-state index in [1.54, 1.807) is 13.8 Å². The summed E-state index contributed by atoms with van der Waals surface area (Å²) in [5.74, 6) is -7.08. The van der Waals surface area contributed by atoms with Crippen molar-refractivity contribution in [3.63, 3.8) is 0 Å². The van der Waals surface area contributed by atoms with Crippen molar-refractivity contribution < 1.29 is 44.1 Å². The minimum absolute atomic E-state index is 0.295. The highest BCUT2D eigenvalue weighted by molar-refractivity contribution is 5.95. The van der Waals surface area contributed by atoms with Gasteiger partial charge >= 0.3 is 11.9 Å². The molecule has 5 atom stereocenters. The minimum Gasteiger partial charge on any atom is -0.481 e. The van der Waals surface area contributed by atoms with Crippen molar-refractivity contribution in [2.45, 2.75) is 63.7 Å². The highest BCUT2D eigenvalue weighted by atomic mass is 16.4. The number of carboxylic acids is 2. The molecule has 0 aliphatic heterocycles. The van der Waals surface area contributed by atoms with Crippen LogP contribution in [-0.2, 0) is 28.8 Å². The van der Waals surface area contributed by atoms with Gasteiger partial charge < -0.3 is 42.7 Å². The van der Waals surface area contributed by atoms with E-state index in [9.17, 15) is 33.9 Å². The number of hydrogen-bond donors (Lipinski definition) is 8. The molecule has 0 saturated heterocycles. The molecule has 14 nitrogen and oxygen atoms in total. The van der Waals surface area contributed by atoms with E-state index in [1.807, 2.05) is 0 Å². The molecule has 0 aliphatic rings. The molecule has 0 aliphatic carbocycles. The van der Waals surface area contributed by atoms with Crippen molar-refractivity contribution in [2.24, 2.45) is 17.4 Å². The molecule has 0 bridgehead atoms. The van der Waals surface area contributed by atoms with Crippen molar-refractivity contribution >= 4 is 35.6 Å². The van der Waals surface area contributed by atoms with Crippen molar-refractivity contribution in [1.82, 2.24) is 16.0 Å². The zero-order valence-corrected chi connectivity index (χ0v) is 17.9. The Balaban J connectivity index is 5.58. The van der Waals surface area contributed by atoms with Gasteiger partial charge in [-0.3, -0.25) is 24.0 Å². The van der Waals surface area contributed by atoms with Gasteiger partial charge in [-0.25, -0.2) is 4.79 Å². The number of nitrogens with one attached hydrogen (secondary N) is 3. The summed E-state index contributed by atoms with van der Waals surface area (Å²) in [5.41, 5.74) is 10.4. The van der Waals surface area contributed by atoms with Gasteiger partial charge in [0.25, 0.3) is 0 Å². The van der Waals surface area contributed by atoms with E-state index in [0.717, 1.165) is 0 Å². The van der Waals surface area contributed by atoms with E-state index in [2.05, 4.69) is 16.0 Å². The minimum atomic E-state index is -1.68. The molecule has 0 spiro atoms. The first-order valence-corrected chi connectivity index (χ1v) is 9.84. The Bertz CT molecular complexity index is 715. The Labute approximate surface area is 184 Å². The lowest BCUT2D eigenvalue weighted by Crippen LogP contribution is -2.58. The van der Waals surface area contributed by atoms with E-state index in [4.69, 9.17) is 21.7 Å². The highest BCUT2D eigenvalue weighted by Gasteiger charge is 2.33. The lowest BCUT2D eigenvalue weighted by atomic mass is 9.98. The first-order chi connectivity index (χ1) is 14.8. The van der Waals surface area contributed by atoms with E-state index in [0.29, 0.717) is 6.42 Å². The fourth-order valence-corrected chi connectivity index (χ4v) is 2.51. The maximum atomic E-state index is 12.6. The average molecular weight is 461 g/mol. The van der Waals surface area contributed by atoms with Gasteiger partial charge in [0.1, 0.15) is 24.2 Å². The van der Waals surface area contributed by atoms with Crippen LogP contribution in [0, 0.1) is 5.92 Å². The molecule has 0 aromatic carbocycles. The summed E-state index contributed by atoms with van der Waals surface area (Å²) in [4.78, 5) is 70.8. The second kappa shape index (κ2) is 13.9. The van der Waals surface area contributed by atoms with E-state index >= 15 is 0 Å². The Kier molecular flexibility index (Phi) is 12.5. The van der Waals surface area contributed by atoms with E-state index in [1.165, 1.54) is 0 Å². The number of carbonyl (C=O) groups excluding carboxylic acids is 4. The van der Waals surface area contributed by atoms with Gasteiger partial charge in [0.2, 0.25) is 23.6 Å². The van der Waals surface area contributed by atoms with Crippen LogP contribution >= 0.6 is 0 Å². The van der Waals surface area contributed by atoms with Crippen molar-refractivity contribution in [1.29, 1.82) is 0 Å². The zero-order valence-electron chi connectivity index (χ0n) is 17.9. The SMILES string of the molecule is CCC(C)C(NC(=O)C(CC(=O)O)NC(=O)C(CCC(N)=O)NC(=O)C(N)CO)C(=O)O. The molecule has 0 saturated carbocycles. The molecule has 0 aromatic rings. The Morgan fingerprint density at radius 2 is 1.44 bits per heavy atom. The molecule has 182 valence electrons. The molecule has 10 N–H and O–H groups in total. The summed E-state index contributed by atoms with van der Waals surface area (Å²) in [6, 6.07) is -5.80. The van der Waals surface area contributed by atoms with Crippen LogP contribution in [0.3, 0.4) is 0 Å². The number of amides is 4. The molecule has 0 radical (unpaired) electrons. The first kappa shape index (κ1) is 28.7. The van der Waals surface area contributed by atoms with Crippen LogP contribution in [0.5, 0.6) is 0 Å². The summed E-state index contributed by atoms with van der Waals surface area (Å²) >= 11 is 0. The molecule has 14 heteroatoms. The van der Waals surface area contributed by atoms with Gasteiger partial charge in [-0.1, -0.05) is 20.3 Å². The fraction of sp³-hybridized carbons (Fsp3) is 0.667. The zero-order chi connectivity index (χ0) is 25.0. The predicted octanol–water partition coefficient (Wildman–Crippen LogP) is -3.37. The van der Waals surface area contributed by atoms with Crippen LogP contribution in [0.4, 0.5) is 0 Å². The van der Waals surface area contributed by atoms with Gasteiger partial charge in [0.15, 0.2) is 0 Å². The van der Waals surface area contributed by atoms with Crippen LogP contribution < -0.4 is 27.4 Å². The number of hydrogen-bond acceptors (Lipinski definition) is 8. The Hall–Kier alpha value is -3.26. The van der Waals surface area contributed by atoms with Gasteiger partial charge in [-0.05, 0) is 12.3 Å². The predicted molar refractivity (Wildman–Crippen MR) is 109 cm³/mol. The van der Waals surface area contributed by atoms with Crippen molar-refractivity contribution in [3.8, 4) is 0 Å². The van der Waals surface area contributed by atoms with Crippen LogP contribution in [0.25, 0.3) is 0 Å². The number of aliphatic carboxylic acids is 2. The topological polar surface area (TPSA) is 251 Å². The normalized spacial score (nSPS) is 15.4. The summed E-state index contributed by atoms with van der Waals surface area (Å²) in [7, 11) is 0. The highest BCUT2D eigenvalue weighted by Crippen LogP contribution is 2.09. The molecule has 0 fully saturated rings. The third-order valence-electron chi connectivity index (χ3n) is 4.63. The molecule has 5 unspecified atom stereocenters. The van der Waals surface area contributed by atoms with Crippen LogP contribution in [0.2, 0.25) is 0 Å². The fourth-order valence-electron chi connectivity index (χ4n) is 2.51. The van der Waals surface area contributed by atoms with Crippen LogP contribution in [-0.4, -0.2) is 81.7 Å². The molecular weight excluding hydrogens is 430 g/mol. The van der Waals surface area contributed by atoms with E-state index < -0.39 is 78.7 Å². The third-order valence-corrected chi connectivity index (χ3v) is 4.63. The second-order valence-electron chi connectivity index (χ2n) is 7.22. The summed E-state index contributed by atoms with van der Waals surface area (Å²) < 4.78 is 0. The lowest BCUT2D eigenvalue weighted by molar-refractivity contribution is -0.144. The molecule has 0 heterocycles. The summed E-state index contributed by atoms with van der Waals surface area (Å²) in [5, 5.41) is 33.9. The lowest BCUT2D eigenvalue weighted by Gasteiger charge is -2.25. The smallest absolute Gasteiger partial charge is 0.326 e. The van der Waals surface area contributed by atoms with Crippen LogP contribution in [0.1, 0.15) is 39.5 Å². The van der Waals surface area contributed by atoms with Gasteiger partial charge in [0.05, 0.1) is 13.0 Å². The number of primary amides is 1. The Morgan fingerprint density at radius 1 is 0.906 bits per heavy atom.